The van der Waals surface area contributed by atoms with Crippen molar-refractivity contribution in [1.82, 2.24) is 4.90 Å². The summed E-state index contributed by atoms with van der Waals surface area (Å²) >= 11 is 0. The molecule has 1 heterocycles. The number of benzene rings is 1. The summed E-state index contributed by atoms with van der Waals surface area (Å²) < 4.78 is 0. The van der Waals surface area contributed by atoms with Gasteiger partial charge in [-0.15, -0.1) is 0 Å². The van der Waals surface area contributed by atoms with Gasteiger partial charge in [-0.1, -0.05) is 0 Å². The van der Waals surface area contributed by atoms with E-state index in [4.69, 9.17) is 5.73 Å². The minimum absolute atomic E-state index is 0.0376. The van der Waals surface area contributed by atoms with Crippen LogP contribution in [0, 0.1) is 12.8 Å². The number of carbonyl (C=O) groups excluding carboxylic acids is 1. The molecule has 0 spiro atoms. The molecule has 0 radical (unpaired) electrons. The molecule has 18 heavy (non-hydrogen) atoms. The highest BCUT2D eigenvalue weighted by Crippen LogP contribution is 2.23. The maximum atomic E-state index is 12.4. The van der Waals surface area contributed by atoms with Gasteiger partial charge < -0.3 is 15.7 Å². The number of amides is 1. The van der Waals surface area contributed by atoms with E-state index in [1.54, 1.807) is 18.2 Å². The molecule has 4 nitrogen and oxygen atoms in total. The van der Waals surface area contributed by atoms with Gasteiger partial charge in [-0.2, -0.15) is 0 Å². The quantitative estimate of drug-likeness (QED) is 0.833. The van der Waals surface area contributed by atoms with Gasteiger partial charge in [-0.25, -0.2) is 0 Å². The van der Waals surface area contributed by atoms with Gasteiger partial charge in [0.2, 0.25) is 0 Å². The molecule has 2 unspecified atom stereocenters. The Hall–Kier alpha value is -1.55. The topological polar surface area (TPSA) is 66.6 Å². The number of hydrogen-bond donors (Lipinski definition) is 2. The van der Waals surface area contributed by atoms with Gasteiger partial charge in [0, 0.05) is 24.7 Å². The monoisotopic (exact) mass is 248 g/mol. The first kappa shape index (κ1) is 12.9. The molecule has 2 atom stereocenters. The van der Waals surface area contributed by atoms with Crippen LogP contribution < -0.4 is 5.73 Å². The van der Waals surface area contributed by atoms with Gasteiger partial charge in [0.15, 0.2) is 0 Å². The van der Waals surface area contributed by atoms with Gasteiger partial charge in [-0.05, 0) is 49.9 Å². The van der Waals surface area contributed by atoms with Gasteiger partial charge in [0.1, 0.15) is 5.75 Å². The fourth-order valence-corrected chi connectivity index (χ4v) is 2.46. The van der Waals surface area contributed by atoms with Crippen molar-refractivity contribution in [2.45, 2.75) is 26.3 Å². The Morgan fingerprint density at radius 2 is 2.28 bits per heavy atom. The van der Waals surface area contributed by atoms with E-state index in [9.17, 15) is 9.90 Å². The average Bonchev–Trinajstić information content (AvgIpc) is 2.77. The normalized spacial score (nSPS) is 21.1. The highest BCUT2D eigenvalue weighted by Gasteiger charge is 2.29. The second-order valence-electron chi connectivity index (χ2n) is 5.16. The molecule has 0 saturated carbocycles. The van der Waals surface area contributed by atoms with E-state index >= 15 is 0 Å². The van der Waals surface area contributed by atoms with Crippen LogP contribution >= 0.6 is 0 Å². The molecule has 1 amide bonds. The van der Waals surface area contributed by atoms with E-state index in [2.05, 4.69) is 0 Å². The standard InChI is InChI=1S/C14H20N2O2/c1-9-7-12(17)3-4-13(9)14(18)16-6-5-11(8-16)10(2)15/h3-4,7,10-11,17H,5-6,8,15H2,1-2H3. The smallest absolute Gasteiger partial charge is 0.254 e. The number of nitrogens with zero attached hydrogens (tertiary/aromatic N) is 1. The van der Waals surface area contributed by atoms with Crippen LogP contribution in [0.25, 0.3) is 0 Å². The maximum absolute atomic E-state index is 12.4. The summed E-state index contributed by atoms with van der Waals surface area (Å²) in [5.74, 6) is 0.626. The SMILES string of the molecule is Cc1cc(O)ccc1C(=O)N1CCC(C(C)N)C1. The van der Waals surface area contributed by atoms with Crippen LogP contribution in [0.1, 0.15) is 29.3 Å². The third-order valence-corrected chi connectivity index (χ3v) is 3.70. The van der Waals surface area contributed by atoms with Gasteiger partial charge in [0.05, 0.1) is 0 Å². The van der Waals surface area contributed by atoms with Crippen LogP contribution in [0.15, 0.2) is 18.2 Å². The largest absolute Gasteiger partial charge is 0.508 e. The van der Waals surface area contributed by atoms with Crippen LogP contribution in [0.4, 0.5) is 0 Å². The van der Waals surface area contributed by atoms with Crippen molar-refractivity contribution in [1.29, 1.82) is 0 Å². The second kappa shape index (κ2) is 4.98. The highest BCUT2D eigenvalue weighted by atomic mass is 16.3. The van der Waals surface area contributed by atoms with E-state index in [-0.39, 0.29) is 17.7 Å². The lowest BCUT2D eigenvalue weighted by atomic mass is 10.0. The Morgan fingerprint density at radius 1 is 1.56 bits per heavy atom. The summed E-state index contributed by atoms with van der Waals surface area (Å²) in [6, 6.07) is 4.99. The van der Waals surface area contributed by atoms with Crippen LogP contribution in [0.3, 0.4) is 0 Å². The first-order valence-corrected chi connectivity index (χ1v) is 6.33. The minimum atomic E-state index is 0.0376. The summed E-state index contributed by atoms with van der Waals surface area (Å²) in [6.07, 6.45) is 0.973. The molecular formula is C14H20N2O2. The Balaban J connectivity index is 2.13. The van der Waals surface area contributed by atoms with E-state index in [0.717, 1.165) is 25.1 Å². The van der Waals surface area contributed by atoms with Crippen LogP contribution in [0.5, 0.6) is 5.75 Å². The van der Waals surface area contributed by atoms with Crippen LogP contribution in [0.2, 0.25) is 0 Å². The van der Waals surface area contributed by atoms with E-state index in [1.807, 2.05) is 18.7 Å². The van der Waals surface area contributed by atoms with Crippen molar-refractivity contribution in [3.8, 4) is 5.75 Å². The molecule has 1 aromatic rings. The Kier molecular flexibility index (Phi) is 3.57. The number of likely N-dealkylation sites (tertiary alicyclic amines) is 1. The van der Waals surface area contributed by atoms with Crippen molar-refractivity contribution in [3.63, 3.8) is 0 Å². The predicted octanol–water partition coefficient (Wildman–Crippen LogP) is 1.51. The Labute approximate surface area is 107 Å². The number of rotatable bonds is 2. The summed E-state index contributed by atoms with van der Waals surface area (Å²) in [5, 5.41) is 9.36. The molecule has 1 saturated heterocycles. The molecule has 0 aromatic heterocycles. The summed E-state index contributed by atoms with van der Waals surface area (Å²) in [5.41, 5.74) is 7.35. The van der Waals surface area contributed by atoms with Crippen molar-refractivity contribution in [3.05, 3.63) is 29.3 Å². The Morgan fingerprint density at radius 3 is 2.83 bits per heavy atom. The zero-order valence-corrected chi connectivity index (χ0v) is 10.9. The van der Waals surface area contributed by atoms with Crippen LogP contribution in [-0.4, -0.2) is 35.0 Å². The number of phenols is 1. The molecule has 3 N–H and O–H groups in total. The third-order valence-electron chi connectivity index (χ3n) is 3.70. The average molecular weight is 248 g/mol. The number of aromatic hydroxyl groups is 1. The van der Waals surface area contributed by atoms with E-state index in [0.29, 0.717) is 11.5 Å². The molecule has 2 rings (SSSR count). The number of aryl methyl sites for hydroxylation is 1. The lowest BCUT2D eigenvalue weighted by Crippen LogP contribution is -2.33. The summed E-state index contributed by atoms with van der Waals surface area (Å²) in [6.45, 7) is 5.33. The summed E-state index contributed by atoms with van der Waals surface area (Å²) in [7, 11) is 0. The second-order valence-corrected chi connectivity index (χ2v) is 5.16. The fraction of sp³-hybridized carbons (Fsp3) is 0.500. The zero-order chi connectivity index (χ0) is 13.3. The minimum Gasteiger partial charge on any atom is -0.508 e. The first-order valence-electron chi connectivity index (χ1n) is 6.33. The van der Waals surface area contributed by atoms with Crippen molar-refractivity contribution in [2.75, 3.05) is 13.1 Å². The molecule has 0 aliphatic carbocycles. The number of nitrogens with two attached hydrogens (primary N) is 1. The summed E-state index contributed by atoms with van der Waals surface area (Å²) in [4.78, 5) is 14.2. The van der Waals surface area contributed by atoms with E-state index in [1.165, 1.54) is 0 Å². The molecular weight excluding hydrogens is 228 g/mol. The fourth-order valence-electron chi connectivity index (χ4n) is 2.46. The van der Waals surface area contributed by atoms with Crippen molar-refractivity contribution < 1.29 is 9.90 Å². The maximum Gasteiger partial charge on any atom is 0.254 e. The predicted molar refractivity (Wildman–Crippen MR) is 70.5 cm³/mol. The highest BCUT2D eigenvalue weighted by molar-refractivity contribution is 5.96. The van der Waals surface area contributed by atoms with Crippen molar-refractivity contribution in [2.24, 2.45) is 11.7 Å². The molecule has 1 fully saturated rings. The van der Waals surface area contributed by atoms with Gasteiger partial charge in [0.25, 0.3) is 5.91 Å². The lowest BCUT2D eigenvalue weighted by Gasteiger charge is -2.19. The number of phenolic OH excluding ortho intramolecular Hbond substituents is 1. The zero-order valence-electron chi connectivity index (χ0n) is 10.9. The molecule has 0 bridgehead atoms. The lowest BCUT2D eigenvalue weighted by molar-refractivity contribution is 0.0785. The molecule has 1 aliphatic heterocycles. The molecule has 4 heteroatoms. The first-order chi connectivity index (χ1) is 8.49. The molecule has 1 aromatic carbocycles. The number of carbonyl (C=O) groups is 1. The number of hydrogen-bond acceptors (Lipinski definition) is 3. The van der Waals surface area contributed by atoms with Crippen LogP contribution in [-0.2, 0) is 0 Å². The van der Waals surface area contributed by atoms with E-state index < -0.39 is 0 Å². The third kappa shape index (κ3) is 2.48. The van der Waals surface area contributed by atoms with Gasteiger partial charge in [-0.3, -0.25) is 4.79 Å². The van der Waals surface area contributed by atoms with Gasteiger partial charge >= 0.3 is 0 Å². The Bertz CT molecular complexity index is 457. The molecule has 98 valence electrons. The molecule has 1 aliphatic rings. The van der Waals surface area contributed by atoms with Crippen molar-refractivity contribution >= 4 is 5.91 Å².